The van der Waals surface area contributed by atoms with Crippen LogP contribution in [0.2, 0.25) is 0 Å². The van der Waals surface area contributed by atoms with Crippen molar-refractivity contribution in [3.63, 3.8) is 0 Å². The number of ether oxygens (including phenoxy) is 1. The molecule has 0 atom stereocenters. The van der Waals surface area contributed by atoms with Crippen molar-refractivity contribution in [2.45, 2.75) is 51.3 Å². The number of aliphatic imine (C=N–C) groups is 2. The number of anilines is 1. The van der Waals surface area contributed by atoms with Crippen molar-refractivity contribution in [3.05, 3.63) is 59.7 Å². The molecule has 0 unspecified atom stereocenters. The Morgan fingerprint density at radius 3 is 2.50 bits per heavy atom. The molecule has 1 heterocycles. The third kappa shape index (κ3) is 3.54. The minimum Gasteiger partial charge on any atom is -0.489 e. The fourth-order valence-corrected chi connectivity index (χ4v) is 4.16. The van der Waals surface area contributed by atoms with Gasteiger partial charge in [0.15, 0.2) is 0 Å². The molecule has 2 aliphatic rings. The van der Waals surface area contributed by atoms with Crippen LogP contribution in [0.4, 0.5) is 5.69 Å². The average Bonchev–Trinajstić information content (AvgIpc) is 2.68. The molecular formula is C22H27N5O. The van der Waals surface area contributed by atoms with Crippen LogP contribution in [0.3, 0.4) is 0 Å². The quantitative estimate of drug-likeness (QED) is 0.850. The highest BCUT2D eigenvalue weighted by molar-refractivity contribution is 6.05. The lowest BCUT2D eigenvalue weighted by atomic mass is 9.87. The second kappa shape index (κ2) is 7.54. The van der Waals surface area contributed by atoms with Gasteiger partial charge >= 0.3 is 0 Å². The van der Waals surface area contributed by atoms with Gasteiger partial charge in [0.25, 0.3) is 0 Å². The number of aryl methyl sites for hydroxylation is 1. The van der Waals surface area contributed by atoms with Crippen molar-refractivity contribution in [2.24, 2.45) is 21.5 Å². The maximum absolute atomic E-state index is 6.31. The highest BCUT2D eigenvalue weighted by Crippen LogP contribution is 2.40. The number of rotatable bonds is 4. The Morgan fingerprint density at radius 1 is 1.04 bits per heavy atom. The average molecular weight is 377 g/mol. The Morgan fingerprint density at radius 2 is 1.79 bits per heavy atom. The molecule has 1 spiro atoms. The number of hydrogen-bond donors (Lipinski definition) is 2. The second-order valence-corrected chi connectivity index (χ2v) is 7.54. The molecule has 0 saturated heterocycles. The zero-order chi connectivity index (χ0) is 19.6. The molecule has 0 radical (unpaired) electrons. The van der Waals surface area contributed by atoms with Crippen LogP contribution >= 0.6 is 0 Å². The predicted octanol–water partition coefficient (Wildman–Crippen LogP) is 3.68. The van der Waals surface area contributed by atoms with Gasteiger partial charge in [-0.25, -0.2) is 4.99 Å². The largest absolute Gasteiger partial charge is 0.489 e. The number of nitrogens with zero attached hydrogens (tertiary/aromatic N) is 3. The number of benzene rings is 2. The molecule has 28 heavy (non-hydrogen) atoms. The maximum atomic E-state index is 6.31. The van der Waals surface area contributed by atoms with Crippen LogP contribution in [0, 0.1) is 6.92 Å². The Balaban J connectivity index is 1.59. The summed E-state index contributed by atoms with van der Waals surface area (Å²) in [7, 11) is 0. The van der Waals surface area contributed by atoms with Gasteiger partial charge in [0, 0.05) is 5.69 Å². The first kappa shape index (κ1) is 18.3. The molecule has 2 aromatic carbocycles. The summed E-state index contributed by atoms with van der Waals surface area (Å²) in [5, 5.41) is 0. The standard InChI is InChI=1S/C22H27N5O/c1-16-14-18(10-11-19(16)28-15-17-8-4-2-5-9-17)27-21(24)25-20(23)26-22(27)12-6-3-7-13-22/h2,4-5,8-11,14H,3,6-7,12-13,15H2,1H3,(H4,23,24,25,26). The van der Waals surface area contributed by atoms with Gasteiger partial charge in [-0.2, -0.15) is 4.99 Å². The molecule has 0 aromatic heterocycles. The van der Waals surface area contributed by atoms with E-state index in [0.717, 1.165) is 48.2 Å². The summed E-state index contributed by atoms with van der Waals surface area (Å²) >= 11 is 0. The van der Waals surface area contributed by atoms with E-state index in [-0.39, 0.29) is 5.96 Å². The Hall–Kier alpha value is -3.02. The molecule has 4 N–H and O–H groups in total. The molecule has 1 fully saturated rings. The van der Waals surface area contributed by atoms with Crippen molar-refractivity contribution in [2.75, 3.05) is 4.90 Å². The van der Waals surface area contributed by atoms with Gasteiger partial charge in [-0.1, -0.05) is 36.8 Å². The van der Waals surface area contributed by atoms with Crippen LogP contribution < -0.4 is 21.1 Å². The predicted molar refractivity (Wildman–Crippen MR) is 113 cm³/mol. The molecule has 2 aromatic rings. The van der Waals surface area contributed by atoms with Gasteiger partial charge in [-0.05, 0) is 61.9 Å². The minimum absolute atomic E-state index is 0.273. The Kier molecular flexibility index (Phi) is 4.94. The molecular weight excluding hydrogens is 350 g/mol. The van der Waals surface area contributed by atoms with Crippen molar-refractivity contribution in [1.82, 2.24) is 0 Å². The number of guanidine groups is 2. The summed E-state index contributed by atoms with van der Waals surface area (Å²) in [4.78, 5) is 11.0. The van der Waals surface area contributed by atoms with E-state index in [1.54, 1.807) is 0 Å². The molecule has 0 bridgehead atoms. The Labute approximate surface area is 165 Å². The lowest BCUT2D eigenvalue weighted by molar-refractivity contribution is 0.301. The van der Waals surface area contributed by atoms with Gasteiger partial charge in [-0.15, -0.1) is 0 Å². The molecule has 1 aliphatic heterocycles. The van der Waals surface area contributed by atoms with Gasteiger partial charge in [0.05, 0.1) is 0 Å². The van der Waals surface area contributed by atoms with Crippen LogP contribution in [0.1, 0.15) is 43.2 Å². The van der Waals surface area contributed by atoms with E-state index < -0.39 is 5.66 Å². The van der Waals surface area contributed by atoms with Crippen molar-refractivity contribution in [3.8, 4) is 5.75 Å². The van der Waals surface area contributed by atoms with Crippen LogP contribution in [-0.4, -0.2) is 17.6 Å². The van der Waals surface area contributed by atoms with E-state index in [9.17, 15) is 0 Å². The zero-order valence-electron chi connectivity index (χ0n) is 16.3. The minimum atomic E-state index is -0.424. The first-order valence-corrected chi connectivity index (χ1v) is 9.84. The van der Waals surface area contributed by atoms with Crippen molar-refractivity contribution < 1.29 is 4.74 Å². The van der Waals surface area contributed by atoms with Gasteiger partial charge in [0.2, 0.25) is 11.9 Å². The van der Waals surface area contributed by atoms with E-state index in [1.807, 2.05) is 37.3 Å². The SMILES string of the molecule is Cc1cc(N2C(N)=NC(N)=NC23CCCCC3)ccc1OCc1ccccc1. The van der Waals surface area contributed by atoms with Gasteiger partial charge < -0.3 is 16.2 Å². The second-order valence-electron chi connectivity index (χ2n) is 7.54. The summed E-state index contributed by atoms with van der Waals surface area (Å²) in [5.41, 5.74) is 15.0. The fraction of sp³-hybridized carbons (Fsp3) is 0.364. The highest BCUT2D eigenvalue weighted by Gasteiger charge is 2.42. The van der Waals surface area contributed by atoms with Crippen LogP contribution in [0.5, 0.6) is 5.75 Å². The molecule has 6 nitrogen and oxygen atoms in total. The number of nitrogens with two attached hydrogens (primary N) is 2. The van der Waals surface area contributed by atoms with E-state index in [0.29, 0.717) is 12.6 Å². The maximum Gasteiger partial charge on any atom is 0.220 e. The summed E-state index contributed by atoms with van der Waals surface area (Å²) < 4.78 is 6.02. The molecule has 0 amide bonds. The van der Waals surface area contributed by atoms with Gasteiger partial charge in [0.1, 0.15) is 18.0 Å². The lowest BCUT2D eigenvalue weighted by Crippen LogP contribution is -2.58. The third-order valence-electron chi connectivity index (χ3n) is 5.51. The zero-order valence-corrected chi connectivity index (χ0v) is 16.3. The summed E-state index contributed by atoms with van der Waals surface area (Å²) in [6.07, 6.45) is 5.29. The third-order valence-corrected chi connectivity index (χ3v) is 5.51. The van der Waals surface area contributed by atoms with Crippen LogP contribution in [-0.2, 0) is 6.61 Å². The van der Waals surface area contributed by atoms with Crippen molar-refractivity contribution >= 4 is 17.6 Å². The number of hydrogen-bond acceptors (Lipinski definition) is 6. The monoisotopic (exact) mass is 377 g/mol. The lowest BCUT2D eigenvalue weighted by Gasteiger charge is -2.45. The van der Waals surface area contributed by atoms with E-state index in [4.69, 9.17) is 21.2 Å². The van der Waals surface area contributed by atoms with Crippen LogP contribution in [0.25, 0.3) is 0 Å². The first-order chi connectivity index (χ1) is 13.6. The topological polar surface area (TPSA) is 89.2 Å². The van der Waals surface area contributed by atoms with E-state index in [1.165, 1.54) is 6.42 Å². The van der Waals surface area contributed by atoms with Crippen LogP contribution in [0.15, 0.2) is 58.5 Å². The highest BCUT2D eigenvalue weighted by atomic mass is 16.5. The summed E-state index contributed by atoms with van der Waals surface area (Å²) in [6.45, 7) is 2.59. The normalized spacial score (nSPS) is 18.5. The molecule has 1 aliphatic carbocycles. The van der Waals surface area contributed by atoms with E-state index >= 15 is 0 Å². The fourth-order valence-electron chi connectivity index (χ4n) is 4.16. The molecule has 6 heteroatoms. The summed E-state index contributed by atoms with van der Waals surface area (Å²) in [6, 6.07) is 16.3. The first-order valence-electron chi connectivity index (χ1n) is 9.84. The van der Waals surface area contributed by atoms with E-state index in [2.05, 4.69) is 28.1 Å². The van der Waals surface area contributed by atoms with Crippen molar-refractivity contribution in [1.29, 1.82) is 0 Å². The Bertz CT molecular complexity index is 900. The smallest absolute Gasteiger partial charge is 0.220 e. The molecule has 146 valence electrons. The molecule has 4 rings (SSSR count). The van der Waals surface area contributed by atoms with Gasteiger partial charge in [-0.3, -0.25) is 4.90 Å². The summed E-state index contributed by atoms with van der Waals surface area (Å²) in [5.74, 6) is 1.54. The molecule has 1 saturated carbocycles.